The predicted octanol–water partition coefficient (Wildman–Crippen LogP) is 3.02. The summed E-state index contributed by atoms with van der Waals surface area (Å²) in [6.07, 6.45) is 0.621. The number of aryl methyl sites for hydroxylation is 2. The van der Waals surface area contributed by atoms with Crippen LogP contribution in [0.15, 0.2) is 12.1 Å². The molecule has 17 heavy (non-hydrogen) atoms. The van der Waals surface area contributed by atoms with E-state index in [2.05, 4.69) is 20.8 Å². The van der Waals surface area contributed by atoms with Crippen LogP contribution in [-0.4, -0.2) is 16.2 Å². The number of carboxylic acid groups (broad SMARTS) is 1. The number of benzene rings is 1. The van der Waals surface area contributed by atoms with Crippen molar-refractivity contribution in [1.82, 2.24) is 0 Å². The van der Waals surface area contributed by atoms with Crippen molar-refractivity contribution < 1.29 is 15.0 Å². The third-order valence-electron chi connectivity index (χ3n) is 2.84. The smallest absolute Gasteiger partial charge is 0.303 e. The van der Waals surface area contributed by atoms with E-state index in [1.165, 1.54) is 0 Å². The van der Waals surface area contributed by atoms with Crippen LogP contribution >= 0.6 is 0 Å². The van der Waals surface area contributed by atoms with E-state index in [1.54, 1.807) is 6.07 Å². The topological polar surface area (TPSA) is 57.5 Å². The molecule has 1 aromatic rings. The molecule has 1 aromatic carbocycles. The molecule has 3 heteroatoms. The summed E-state index contributed by atoms with van der Waals surface area (Å²) in [7, 11) is 0. The summed E-state index contributed by atoms with van der Waals surface area (Å²) in [5, 5.41) is 18.5. The van der Waals surface area contributed by atoms with Crippen LogP contribution in [0.2, 0.25) is 0 Å². The van der Waals surface area contributed by atoms with Gasteiger partial charge in [0.15, 0.2) is 0 Å². The highest BCUT2D eigenvalue weighted by atomic mass is 16.4. The highest BCUT2D eigenvalue weighted by Gasteiger charge is 2.19. The zero-order chi connectivity index (χ0) is 13.2. The molecule has 0 unspecified atom stereocenters. The summed E-state index contributed by atoms with van der Waals surface area (Å²) in [4.78, 5) is 10.6. The maximum atomic E-state index is 10.6. The first-order chi connectivity index (χ1) is 7.71. The Balaban J connectivity index is 3.17. The van der Waals surface area contributed by atoms with Gasteiger partial charge >= 0.3 is 5.97 Å². The van der Waals surface area contributed by atoms with Crippen molar-refractivity contribution in [2.75, 3.05) is 0 Å². The molecule has 0 heterocycles. The minimum absolute atomic E-state index is 0.0982. The number of aromatic hydroxyl groups is 1. The third kappa shape index (κ3) is 3.48. The van der Waals surface area contributed by atoms with Gasteiger partial charge in [-0.05, 0) is 41.5 Å². The summed E-state index contributed by atoms with van der Waals surface area (Å²) in [5.41, 5.74) is 2.72. The van der Waals surface area contributed by atoms with Crippen molar-refractivity contribution in [3.8, 4) is 5.75 Å². The first-order valence-electron chi connectivity index (χ1n) is 5.76. The summed E-state index contributed by atoms with van der Waals surface area (Å²) in [6, 6.07) is 3.64. The first-order valence-corrected chi connectivity index (χ1v) is 5.76. The second-order valence-electron chi connectivity index (χ2n) is 5.44. The number of carbonyl (C=O) groups is 1. The Hall–Kier alpha value is -1.51. The number of carboxylic acids is 1. The number of aliphatic carboxylic acids is 1. The van der Waals surface area contributed by atoms with Crippen molar-refractivity contribution in [2.45, 2.75) is 46.0 Å². The quantitative estimate of drug-likeness (QED) is 0.848. The Labute approximate surface area is 102 Å². The van der Waals surface area contributed by atoms with Gasteiger partial charge < -0.3 is 10.2 Å². The molecule has 0 atom stereocenters. The number of hydrogen-bond acceptors (Lipinski definition) is 2. The van der Waals surface area contributed by atoms with Crippen LogP contribution in [0.4, 0.5) is 0 Å². The fourth-order valence-corrected chi connectivity index (χ4v) is 1.90. The average molecular weight is 236 g/mol. The van der Waals surface area contributed by atoms with Crippen molar-refractivity contribution in [2.24, 2.45) is 0 Å². The largest absolute Gasteiger partial charge is 0.508 e. The Kier molecular flexibility index (Phi) is 3.81. The van der Waals surface area contributed by atoms with Gasteiger partial charge in [-0.25, -0.2) is 0 Å². The van der Waals surface area contributed by atoms with Crippen LogP contribution in [0.5, 0.6) is 5.75 Å². The molecule has 0 saturated carbocycles. The van der Waals surface area contributed by atoms with E-state index in [0.717, 1.165) is 16.7 Å². The van der Waals surface area contributed by atoms with Crippen LogP contribution in [0.3, 0.4) is 0 Å². The van der Waals surface area contributed by atoms with Gasteiger partial charge in [-0.3, -0.25) is 4.79 Å². The number of phenolic OH excluding ortho intramolecular Hbond substituents is 1. The maximum absolute atomic E-state index is 10.6. The average Bonchev–Trinajstić information content (AvgIpc) is 2.17. The monoisotopic (exact) mass is 236 g/mol. The van der Waals surface area contributed by atoms with E-state index >= 15 is 0 Å². The summed E-state index contributed by atoms with van der Waals surface area (Å²) in [5.74, 6) is -0.524. The van der Waals surface area contributed by atoms with E-state index in [0.29, 0.717) is 6.42 Å². The minimum atomic E-state index is -0.796. The Morgan fingerprint density at radius 1 is 1.29 bits per heavy atom. The Bertz CT molecular complexity index is 428. The van der Waals surface area contributed by atoms with Gasteiger partial charge in [0.2, 0.25) is 0 Å². The molecule has 0 radical (unpaired) electrons. The van der Waals surface area contributed by atoms with Crippen LogP contribution in [0, 0.1) is 6.92 Å². The highest BCUT2D eigenvalue weighted by molar-refractivity contribution is 5.67. The molecular formula is C14H20O3. The SMILES string of the molecule is Cc1cc(CCC(=O)O)c(C(C)(C)C)cc1O. The molecule has 1 rings (SSSR count). The second-order valence-corrected chi connectivity index (χ2v) is 5.44. The molecule has 0 fully saturated rings. The fourth-order valence-electron chi connectivity index (χ4n) is 1.90. The summed E-state index contributed by atoms with van der Waals surface area (Å²) >= 11 is 0. The summed E-state index contributed by atoms with van der Waals surface area (Å²) < 4.78 is 0. The van der Waals surface area contributed by atoms with Crippen molar-refractivity contribution in [1.29, 1.82) is 0 Å². The van der Waals surface area contributed by atoms with Gasteiger partial charge in [-0.1, -0.05) is 26.8 Å². The molecule has 3 nitrogen and oxygen atoms in total. The minimum Gasteiger partial charge on any atom is -0.508 e. The standard InChI is InChI=1S/C14H20O3/c1-9-7-10(5-6-13(16)17)11(8-12(9)15)14(2,3)4/h7-8,15H,5-6H2,1-4H3,(H,16,17). The van der Waals surface area contributed by atoms with Gasteiger partial charge in [0.1, 0.15) is 5.75 Å². The Morgan fingerprint density at radius 3 is 2.35 bits per heavy atom. The molecule has 0 bridgehead atoms. The molecular weight excluding hydrogens is 216 g/mol. The molecule has 0 amide bonds. The molecule has 0 aliphatic rings. The number of hydrogen-bond donors (Lipinski definition) is 2. The van der Waals surface area contributed by atoms with Crippen LogP contribution in [-0.2, 0) is 16.6 Å². The van der Waals surface area contributed by atoms with Crippen molar-refractivity contribution in [3.63, 3.8) is 0 Å². The van der Waals surface area contributed by atoms with Gasteiger partial charge in [0.05, 0.1) is 0 Å². The van der Waals surface area contributed by atoms with E-state index in [-0.39, 0.29) is 17.6 Å². The number of phenols is 1. The first kappa shape index (κ1) is 13.6. The zero-order valence-electron chi connectivity index (χ0n) is 10.9. The van der Waals surface area contributed by atoms with E-state index < -0.39 is 5.97 Å². The normalized spacial score (nSPS) is 11.5. The molecule has 0 aliphatic heterocycles. The highest BCUT2D eigenvalue weighted by Crippen LogP contribution is 2.31. The zero-order valence-corrected chi connectivity index (χ0v) is 10.9. The van der Waals surface area contributed by atoms with Gasteiger partial charge in [-0.2, -0.15) is 0 Å². The lowest BCUT2D eigenvalue weighted by molar-refractivity contribution is -0.136. The third-order valence-corrected chi connectivity index (χ3v) is 2.84. The summed E-state index contributed by atoms with van der Waals surface area (Å²) in [6.45, 7) is 8.00. The van der Waals surface area contributed by atoms with Crippen LogP contribution in [0.1, 0.15) is 43.9 Å². The lowest BCUT2D eigenvalue weighted by Crippen LogP contribution is -2.15. The molecule has 2 N–H and O–H groups in total. The van der Waals surface area contributed by atoms with Crippen LogP contribution < -0.4 is 0 Å². The number of rotatable bonds is 3. The van der Waals surface area contributed by atoms with Gasteiger partial charge in [0.25, 0.3) is 0 Å². The van der Waals surface area contributed by atoms with Crippen molar-refractivity contribution >= 4 is 5.97 Å². The lowest BCUT2D eigenvalue weighted by atomic mass is 9.81. The van der Waals surface area contributed by atoms with Crippen LogP contribution in [0.25, 0.3) is 0 Å². The fraction of sp³-hybridized carbons (Fsp3) is 0.500. The lowest BCUT2D eigenvalue weighted by Gasteiger charge is -2.24. The molecule has 0 spiro atoms. The van der Waals surface area contributed by atoms with E-state index in [9.17, 15) is 9.90 Å². The van der Waals surface area contributed by atoms with Gasteiger partial charge in [0, 0.05) is 6.42 Å². The molecule has 0 saturated heterocycles. The van der Waals surface area contributed by atoms with Gasteiger partial charge in [-0.15, -0.1) is 0 Å². The molecule has 94 valence electrons. The Morgan fingerprint density at radius 2 is 1.88 bits per heavy atom. The molecule has 0 aromatic heterocycles. The van der Waals surface area contributed by atoms with E-state index in [1.807, 2.05) is 13.0 Å². The molecule has 0 aliphatic carbocycles. The maximum Gasteiger partial charge on any atom is 0.303 e. The van der Waals surface area contributed by atoms with E-state index in [4.69, 9.17) is 5.11 Å². The second kappa shape index (κ2) is 4.78. The predicted molar refractivity (Wildman–Crippen MR) is 67.5 cm³/mol. The van der Waals surface area contributed by atoms with Crippen molar-refractivity contribution in [3.05, 3.63) is 28.8 Å².